The zero-order valence-electron chi connectivity index (χ0n) is 14.7. The van der Waals surface area contributed by atoms with E-state index in [2.05, 4.69) is 29.4 Å². The number of benzene rings is 1. The molecule has 138 valence electrons. The maximum Gasteiger partial charge on any atom is 0.317 e. The number of hydrogen-bond donors (Lipinski definition) is 1. The van der Waals surface area contributed by atoms with Gasteiger partial charge in [-0.05, 0) is 37.9 Å². The fourth-order valence-electron chi connectivity index (χ4n) is 3.69. The Hall–Kier alpha value is -1.60. The van der Waals surface area contributed by atoms with Crippen LogP contribution in [0.15, 0.2) is 30.3 Å². The monoisotopic (exact) mass is 365 g/mol. The molecule has 2 unspecified atom stereocenters. The molecule has 2 aliphatic heterocycles. The van der Waals surface area contributed by atoms with Crippen molar-refractivity contribution in [3.05, 3.63) is 35.9 Å². The van der Waals surface area contributed by atoms with Gasteiger partial charge in [0.05, 0.1) is 11.5 Å². The van der Waals surface area contributed by atoms with Gasteiger partial charge in [-0.1, -0.05) is 30.3 Å². The van der Waals surface area contributed by atoms with Crippen LogP contribution in [0.1, 0.15) is 12.0 Å². The van der Waals surface area contributed by atoms with Crippen molar-refractivity contribution in [1.82, 2.24) is 15.1 Å². The van der Waals surface area contributed by atoms with Crippen LogP contribution >= 0.6 is 0 Å². The molecular formula is C18H27N3O3S. The first kappa shape index (κ1) is 18.2. The summed E-state index contributed by atoms with van der Waals surface area (Å²) in [6, 6.07) is 10.4. The molecule has 0 bridgehead atoms. The predicted octanol–water partition coefficient (Wildman–Crippen LogP) is 0.989. The van der Waals surface area contributed by atoms with Crippen molar-refractivity contribution in [3.63, 3.8) is 0 Å². The van der Waals surface area contributed by atoms with Gasteiger partial charge in [0.15, 0.2) is 9.84 Å². The van der Waals surface area contributed by atoms with Crippen LogP contribution in [0.4, 0.5) is 4.79 Å². The molecule has 0 aromatic heterocycles. The molecule has 1 aromatic carbocycles. The Bertz CT molecular complexity index is 679. The minimum Gasteiger partial charge on any atom is -0.335 e. The number of hydrogen-bond acceptors (Lipinski definition) is 4. The highest BCUT2D eigenvalue weighted by Crippen LogP contribution is 2.21. The average molecular weight is 365 g/mol. The van der Waals surface area contributed by atoms with Gasteiger partial charge in [-0.15, -0.1) is 0 Å². The SMILES string of the molecule is CN1CCC(NC(=O)N2CCS(=O)(=O)CC2)C(Cc2ccccc2)C1. The third-order valence-electron chi connectivity index (χ3n) is 5.22. The van der Waals surface area contributed by atoms with Crippen LogP contribution in [0, 0.1) is 5.92 Å². The largest absolute Gasteiger partial charge is 0.335 e. The summed E-state index contributed by atoms with van der Waals surface area (Å²) in [6.07, 6.45) is 1.86. The maximum atomic E-state index is 12.6. The zero-order valence-corrected chi connectivity index (χ0v) is 15.5. The van der Waals surface area contributed by atoms with E-state index < -0.39 is 9.84 Å². The molecule has 1 aromatic rings. The quantitative estimate of drug-likeness (QED) is 0.867. The van der Waals surface area contributed by atoms with E-state index in [1.54, 1.807) is 4.90 Å². The van der Waals surface area contributed by atoms with Crippen LogP contribution in [0.2, 0.25) is 0 Å². The van der Waals surface area contributed by atoms with Gasteiger partial charge in [-0.2, -0.15) is 0 Å². The number of sulfone groups is 1. The highest BCUT2D eigenvalue weighted by atomic mass is 32.2. The molecule has 0 saturated carbocycles. The molecule has 1 N–H and O–H groups in total. The third-order valence-corrected chi connectivity index (χ3v) is 6.83. The lowest BCUT2D eigenvalue weighted by molar-refractivity contribution is 0.150. The molecule has 2 aliphatic rings. The molecule has 2 atom stereocenters. The number of rotatable bonds is 3. The van der Waals surface area contributed by atoms with Crippen molar-refractivity contribution >= 4 is 15.9 Å². The maximum absolute atomic E-state index is 12.6. The van der Waals surface area contributed by atoms with Crippen molar-refractivity contribution in [2.75, 3.05) is 44.7 Å². The van der Waals surface area contributed by atoms with Gasteiger partial charge in [-0.3, -0.25) is 0 Å². The van der Waals surface area contributed by atoms with E-state index in [1.165, 1.54) is 5.56 Å². The van der Waals surface area contributed by atoms with Gasteiger partial charge in [0.2, 0.25) is 0 Å². The second kappa shape index (κ2) is 7.74. The Balaban J connectivity index is 1.61. The molecule has 25 heavy (non-hydrogen) atoms. The summed E-state index contributed by atoms with van der Waals surface area (Å²) in [4.78, 5) is 16.5. The summed E-state index contributed by atoms with van der Waals surface area (Å²) in [5.41, 5.74) is 1.28. The third kappa shape index (κ3) is 4.95. The lowest BCUT2D eigenvalue weighted by Gasteiger charge is -2.38. The highest BCUT2D eigenvalue weighted by molar-refractivity contribution is 7.91. The molecular weight excluding hydrogens is 338 g/mol. The van der Waals surface area contributed by atoms with E-state index in [4.69, 9.17) is 0 Å². The first-order valence-corrected chi connectivity index (χ1v) is 10.7. The van der Waals surface area contributed by atoms with E-state index in [-0.39, 0.29) is 23.6 Å². The van der Waals surface area contributed by atoms with Crippen LogP contribution in [0.3, 0.4) is 0 Å². The molecule has 2 amide bonds. The fraction of sp³-hybridized carbons (Fsp3) is 0.611. The number of amides is 2. The standard InChI is InChI=1S/C18H27N3O3S/c1-20-8-7-17(16(14-20)13-15-5-3-2-4-6-15)19-18(22)21-9-11-25(23,24)12-10-21/h2-6,16-17H,7-14H2,1H3,(H,19,22). The van der Waals surface area contributed by atoms with E-state index in [0.29, 0.717) is 19.0 Å². The number of nitrogens with zero attached hydrogens (tertiary/aromatic N) is 2. The number of piperidine rings is 1. The second-order valence-corrected chi connectivity index (χ2v) is 9.50. The van der Waals surface area contributed by atoms with Crippen molar-refractivity contribution in [1.29, 1.82) is 0 Å². The average Bonchev–Trinajstić information content (AvgIpc) is 2.58. The fourth-order valence-corrected chi connectivity index (χ4v) is 4.89. The minimum atomic E-state index is -2.97. The Morgan fingerprint density at radius 1 is 1.16 bits per heavy atom. The number of carbonyl (C=O) groups excluding carboxylic acids is 1. The van der Waals surface area contributed by atoms with Crippen molar-refractivity contribution in [2.45, 2.75) is 18.9 Å². The first-order chi connectivity index (χ1) is 11.9. The summed E-state index contributed by atoms with van der Waals surface area (Å²) in [6.45, 7) is 2.51. The normalized spacial score (nSPS) is 27.0. The van der Waals surface area contributed by atoms with Gasteiger partial charge in [0, 0.05) is 25.7 Å². The molecule has 3 rings (SSSR count). The van der Waals surface area contributed by atoms with Crippen LogP contribution < -0.4 is 5.32 Å². The van der Waals surface area contributed by atoms with Crippen LogP contribution in [0.5, 0.6) is 0 Å². The molecule has 2 saturated heterocycles. The number of nitrogens with one attached hydrogen (secondary N) is 1. The summed E-state index contributed by atoms with van der Waals surface area (Å²) in [5.74, 6) is 0.501. The smallest absolute Gasteiger partial charge is 0.317 e. The number of urea groups is 1. The molecule has 0 aliphatic carbocycles. The Labute approximate surface area is 150 Å². The Morgan fingerprint density at radius 3 is 2.52 bits per heavy atom. The van der Waals surface area contributed by atoms with Gasteiger partial charge < -0.3 is 15.1 Å². The van der Waals surface area contributed by atoms with Gasteiger partial charge in [0.25, 0.3) is 0 Å². The van der Waals surface area contributed by atoms with E-state index in [1.807, 2.05) is 18.2 Å². The second-order valence-electron chi connectivity index (χ2n) is 7.20. The van der Waals surface area contributed by atoms with Gasteiger partial charge >= 0.3 is 6.03 Å². The van der Waals surface area contributed by atoms with Crippen LogP contribution in [-0.4, -0.2) is 75.0 Å². The van der Waals surface area contributed by atoms with Crippen molar-refractivity contribution in [2.24, 2.45) is 5.92 Å². The highest BCUT2D eigenvalue weighted by Gasteiger charge is 2.31. The number of likely N-dealkylation sites (tertiary alicyclic amines) is 1. The van der Waals surface area contributed by atoms with Crippen molar-refractivity contribution < 1.29 is 13.2 Å². The topological polar surface area (TPSA) is 69.7 Å². The molecule has 2 heterocycles. The molecule has 2 fully saturated rings. The van der Waals surface area contributed by atoms with E-state index in [0.717, 1.165) is 25.9 Å². The number of carbonyl (C=O) groups is 1. The Kier molecular flexibility index (Phi) is 5.64. The molecule has 0 spiro atoms. The minimum absolute atomic E-state index is 0.0707. The van der Waals surface area contributed by atoms with E-state index >= 15 is 0 Å². The first-order valence-electron chi connectivity index (χ1n) is 8.91. The van der Waals surface area contributed by atoms with Crippen molar-refractivity contribution in [3.8, 4) is 0 Å². The van der Waals surface area contributed by atoms with Crippen LogP contribution in [0.25, 0.3) is 0 Å². The molecule has 7 heteroatoms. The van der Waals surface area contributed by atoms with Gasteiger partial charge in [0.1, 0.15) is 0 Å². The van der Waals surface area contributed by atoms with Crippen LogP contribution in [-0.2, 0) is 16.3 Å². The molecule has 0 radical (unpaired) electrons. The summed E-state index contributed by atoms with van der Waals surface area (Å²) in [5, 5.41) is 3.17. The lowest BCUT2D eigenvalue weighted by Crippen LogP contribution is -2.55. The van der Waals surface area contributed by atoms with Gasteiger partial charge in [-0.25, -0.2) is 13.2 Å². The summed E-state index contributed by atoms with van der Waals surface area (Å²) < 4.78 is 23.1. The zero-order chi connectivity index (χ0) is 17.9. The molecule has 6 nitrogen and oxygen atoms in total. The lowest BCUT2D eigenvalue weighted by atomic mass is 9.87. The van der Waals surface area contributed by atoms with E-state index in [9.17, 15) is 13.2 Å². The predicted molar refractivity (Wildman–Crippen MR) is 98.3 cm³/mol. The summed E-state index contributed by atoms with van der Waals surface area (Å²) in [7, 11) is -0.853. The Morgan fingerprint density at radius 2 is 1.84 bits per heavy atom. The summed E-state index contributed by atoms with van der Waals surface area (Å²) >= 11 is 0.